The van der Waals surface area contributed by atoms with Crippen LogP contribution in [0, 0.1) is 0 Å². The van der Waals surface area contributed by atoms with Gasteiger partial charge in [0.05, 0.1) is 11.0 Å². The zero-order valence-corrected chi connectivity index (χ0v) is 28.4. The topological polar surface area (TPSA) is 34.5 Å². The van der Waals surface area contributed by atoms with Crippen molar-refractivity contribution in [2.24, 2.45) is 0 Å². The van der Waals surface area contributed by atoms with Crippen molar-refractivity contribution in [2.75, 3.05) is 4.90 Å². The minimum Gasteiger partial charge on any atom is -0.456 e. The molecule has 5 heteroatoms. The third-order valence-electron chi connectivity index (χ3n) is 11.8. The van der Waals surface area contributed by atoms with Crippen LogP contribution in [0.1, 0.15) is 0 Å². The van der Waals surface area contributed by atoms with Crippen LogP contribution in [0.15, 0.2) is 173 Å². The summed E-state index contributed by atoms with van der Waals surface area (Å²) in [5.74, 6) is 0. The number of aromatic nitrogens is 1. The molecule has 0 unspecified atom stereocenters. The number of nitrogens with zero attached hydrogens (tertiary/aromatic N) is 2. The highest BCUT2D eigenvalue weighted by atomic mass is 16.3. The van der Waals surface area contributed by atoms with Crippen molar-refractivity contribution >= 4 is 106 Å². The van der Waals surface area contributed by atoms with E-state index in [0.29, 0.717) is 0 Å². The van der Waals surface area contributed by atoms with Crippen LogP contribution < -0.4 is 21.3 Å². The van der Waals surface area contributed by atoms with Crippen LogP contribution in [0.25, 0.3) is 82.5 Å². The molecule has 8 aromatic carbocycles. The largest absolute Gasteiger partial charge is 0.456 e. The maximum atomic E-state index is 6.56. The smallest absolute Gasteiger partial charge is 0.248 e. The first-order chi connectivity index (χ1) is 26.3. The number of fused-ring (bicyclic) bond motifs is 14. The molecule has 0 spiro atoms. The Morgan fingerprint density at radius 1 is 0.377 bits per heavy atom. The van der Waals surface area contributed by atoms with Crippen LogP contribution in [-0.2, 0) is 0 Å². The van der Waals surface area contributed by atoms with Crippen LogP contribution in [-0.4, -0.2) is 11.3 Å². The van der Waals surface area contributed by atoms with Crippen molar-refractivity contribution < 1.29 is 8.83 Å². The molecule has 13 rings (SSSR count). The van der Waals surface area contributed by atoms with Crippen molar-refractivity contribution in [1.82, 2.24) is 4.57 Å². The third-order valence-corrected chi connectivity index (χ3v) is 11.8. The molecule has 2 aliphatic heterocycles. The number of hydrogen-bond donors (Lipinski definition) is 0. The number of para-hydroxylation sites is 4. The second kappa shape index (κ2) is 9.87. The van der Waals surface area contributed by atoms with E-state index in [1.165, 1.54) is 55.0 Å². The minimum absolute atomic E-state index is 0.0609. The van der Waals surface area contributed by atoms with E-state index in [4.69, 9.17) is 8.83 Å². The molecule has 0 fully saturated rings. The Kier molecular flexibility index (Phi) is 5.16. The molecular weight excluding hydrogens is 647 g/mol. The summed E-state index contributed by atoms with van der Waals surface area (Å²) in [4.78, 5) is 2.50. The average molecular weight is 675 g/mol. The fraction of sp³-hybridized carbons (Fsp3) is 0. The molecule has 3 aromatic heterocycles. The highest BCUT2D eigenvalue weighted by Gasteiger charge is 2.43. The molecule has 0 saturated heterocycles. The van der Waals surface area contributed by atoms with E-state index in [1.54, 1.807) is 0 Å². The second-order valence-electron chi connectivity index (χ2n) is 14.4. The summed E-state index contributed by atoms with van der Waals surface area (Å²) in [6.07, 6.45) is 0. The van der Waals surface area contributed by atoms with Gasteiger partial charge in [-0.25, -0.2) is 0 Å². The third kappa shape index (κ3) is 3.56. The Morgan fingerprint density at radius 2 is 0.981 bits per heavy atom. The average Bonchev–Trinajstić information content (AvgIpc) is 3.95. The first-order valence-corrected chi connectivity index (χ1v) is 18.2. The van der Waals surface area contributed by atoms with E-state index in [9.17, 15) is 0 Å². The monoisotopic (exact) mass is 674 g/mol. The Morgan fingerprint density at radius 3 is 1.74 bits per heavy atom. The van der Waals surface area contributed by atoms with Crippen LogP contribution in [0.3, 0.4) is 0 Å². The van der Waals surface area contributed by atoms with Gasteiger partial charge in [0.15, 0.2) is 0 Å². The van der Waals surface area contributed by atoms with Crippen molar-refractivity contribution in [3.63, 3.8) is 0 Å². The molecule has 0 radical (unpaired) electrons. The molecule has 0 N–H and O–H groups in total. The quantitative estimate of drug-likeness (QED) is 0.171. The summed E-state index contributed by atoms with van der Waals surface area (Å²) in [7, 11) is 0. The molecule has 4 nitrogen and oxygen atoms in total. The van der Waals surface area contributed by atoms with Gasteiger partial charge in [-0.05, 0) is 88.8 Å². The molecule has 0 aliphatic carbocycles. The zero-order valence-electron chi connectivity index (χ0n) is 28.4. The molecule has 0 bridgehead atoms. The SMILES string of the molecule is c1ccc2c(c1)B1c3cc4oc5ccccc5c4cc3N(c3ccc4oc5ccccc5c4c3)c3cc(-n4c5ccccc5c5ccccc54)cc-2c31. The van der Waals surface area contributed by atoms with E-state index in [2.05, 4.69) is 161 Å². The Hall–Kier alpha value is -6.98. The lowest BCUT2D eigenvalue weighted by Crippen LogP contribution is -2.54. The Bertz CT molecular complexity index is 3330. The number of anilines is 3. The number of hydrogen-bond acceptors (Lipinski definition) is 3. The summed E-state index contributed by atoms with van der Waals surface area (Å²) >= 11 is 0. The molecule has 0 amide bonds. The maximum Gasteiger partial charge on any atom is 0.248 e. The normalized spacial score (nSPS) is 13.2. The van der Waals surface area contributed by atoms with Gasteiger partial charge in [0.2, 0.25) is 6.71 Å². The fourth-order valence-corrected chi connectivity index (χ4v) is 9.60. The van der Waals surface area contributed by atoms with Gasteiger partial charge < -0.3 is 18.3 Å². The van der Waals surface area contributed by atoms with Gasteiger partial charge in [0.1, 0.15) is 22.3 Å². The number of furan rings is 2. The summed E-state index contributed by atoms with van der Waals surface area (Å²) in [5.41, 5.74) is 17.0. The van der Waals surface area contributed by atoms with Crippen LogP contribution >= 0.6 is 0 Å². The molecule has 244 valence electrons. The number of benzene rings is 8. The van der Waals surface area contributed by atoms with Crippen molar-refractivity contribution in [2.45, 2.75) is 0 Å². The predicted molar refractivity (Wildman–Crippen MR) is 220 cm³/mol. The van der Waals surface area contributed by atoms with E-state index < -0.39 is 0 Å². The molecule has 53 heavy (non-hydrogen) atoms. The van der Waals surface area contributed by atoms with Crippen LogP contribution in [0.4, 0.5) is 17.1 Å². The van der Waals surface area contributed by atoms with Gasteiger partial charge in [0, 0.05) is 55.1 Å². The van der Waals surface area contributed by atoms with Crippen molar-refractivity contribution in [3.8, 4) is 16.8 Å². The summed E-state index contributed by atoms with van der Waals surface area (Å²) in [6.45, 7) is 0.0609. The standard InChI is InChI=1S/C48H27BN2O2/c1-6-16-38-30(11-1)37-24-29(51-40-17-7-2-12-31(40)32-13-3-8-18-41(32)51)25-43-48(37)49(38)39-27-47-36(34-15-5-10-20-45(34)53-47)26-42(39)50(43)28-21-22-46-35(23-28)33-14-4-9-19-44(33)52-46/h1-27H. The first kappa shape index (κ1) is 27.7. The molecule has 11 aromatic rings. The second-order valence-corrected chi connectivity index (χ2v) is 14.4. The lowest BCUT2D eigenvalue weighted by molar-refractivity contribution is 0.669. The summed E-state index contributed by atoms with van der Waals surface area (Å²) < 4.78 is 15.3. The van der Waals surface area contributed by atoms with Gasteiger partial charge in [0.25, 0.3) is 0 Å². The van der Waals surface area contributed by atoms with Gasteiger partial charge >= 0.3 is 0 Å². The highest BCUT2D eigenvalue weighted by molar-refractivity contribution is 7.01. The lowest BCUT2D eigenvalue weighted by atomic mass is 9.37. The van der Waals surface area contributed by atoms with Gasteiger partial charge in [-0.15, -0.1) is 0 Å². The van der Waals surface area contributed by atoms with Gasteiger partial charge in [-0.3, -0.25) is 0 Å². The van der Waals surface area contributed by atoms with E-state index in [1.807, 2.05) is 12.1 Å². The maximum absolute atomic E-state index is 6.56. The van der Waals surface area contributed by atoms with E-state index >= 15 is 0 Å². The zero-order chi connectivity index (χ0) is 34.4. The Balaban J connectivity index is 1.18. The van der Waals surface area contributed by atoms with E-state index in [0.717, 1.165) is 60.9 Å². The minimum atomic E-state index is 0.0609. The molecule has 0 atom stereocenters. The lowest BCUT2D eigenvalue weighted by Gasteiger charge is -2.36. The summed E-state index contributed by atoms with van der Waals surface area (Å²) in [6, 6.07) is 59.4. The van der Waals surface area contributed by atoms with Gasteiger partial charge in [-0.1, -0.05) is 103 Å². The molecular formula is C48H27BN2O2. The predicted octanol–water partition coefficient (Wildman–Crippen LogP) is 10.9. The number of rotatable bonds is 2. The molecule has 2 aliphatic rings. The van der Waals surface area contributed by atoms with Crippen LogP contribution in [0.5, 0.6) is 0 Å². The van der Waals surface area contributed by atoms with Gasteiger partial charge in [-0.2, -0.15) is 0 Å². The summed E-state index contributed by atoms with van der Waals surface area (Å²) in [5, 5.41) is 6.97. The van der Waals surface area contributed by atoms with Crippen molar-refractivity contribution in [3.05, 3.63) is 164 Å². The van der Waals surface area contributed by atoms with E-state index in [-0.39, 0.29) is 6.71 Å². The molecule has 5 heterocycles. The van der Waals surface area contributed by atoms with Crippen molar-refractivity contribution in [1.29, 1.82) is 0 Å². The first-order valence-electron chi connectivity index (χ1n) is 18.2. The van der Waals surface area contributed by atoms with Crippen LogP contribution in [0.2, 0.25) is 0 Å². The fourth-order valence-electron chi connectivity index (χ4n) is 9.60. The Labute approximate surface area is 303 Å². The highest BCUT2D eigenvalue weighted by Crippen LogP contribution is 2.46. The molecule has 0 saturated carbocycles.